The van der Waals surface area contributed by atoms with E-state index in [1.165, 1.54) is 0 Å². The third kappa shape index (κ3) is 4.75. The summed E-state index contributed by atoms with van der Waals surface area (Å²) < 4.78 is 1.80. The molecular formula is C26H28N4O2. The largest absolute Gasteiger partial charge is 0.361 e. The van der Waals surface area contributed by atoms with E-state index in [9.17, 15) is 9.59 Å². The van der Waals surface area contributed by atoms with E-state index in [1.54, 1.807) is 15.5 Å². The lowest BCUT2D eigenvalue weighted by Crippen LogP contribution is -2.41. The first-order chi connectivity index (χ1) is 15.5. The smallest absolute Gasteiger partial charge is 0.267 e. The van der Waals surface area contributed by atoms with E-state index in [1.807, 2.05) is 75.0 Å². The van der Waals surface area contributed by atoms with Crippen LogP contribution in [0.3, 0.4) is 0 Å². The number of aromatic amines is 1. The average molecular weight is 429 g/mol. The molecule has 4 rings (SSSR count). The van der Waals surface area contributed by atoms with Crippen LogP contribution in [-0.4, -0.2) is 45.9 Å². The Morgan fingerprint density at radius 1 is 1.06 bits per heavy atom. The van der Waals surface area contributed by atoms with Crippen LogP contribution < -0.4 is 5.32 Å². The molecule has 1 unspecified atom stereocenters. The quantitative estimate of drug-likeness (QED) is 0.445. The van der Waals surface area contributed by atoms with Crippen LogP contribution in [0.5, 0.6) is 0 Å². The summed E-state index contributed by atoms with van der Waals surface area (Å²) >= 11 is 0. The number of rotatable bonds is 8. The summed E-state index contributed by atoms with van der Waals surface area (Å²) in [6, 6.07) is 21.4. The Morgan fingerprint density at radius 3 is 2.62 bits per heavy atom. The first kappa shape index (κ1) is 21.4. The molecule has 0 aliphatic rings. The molecule has 2 heterocycles. The number of fused-ring (bicyclic) bond motifs is 1. The Hall–Kier alpha value is -3.80. The van der Waals surface area contributed by atoms with Crippen molar-refractivity contribution in [2.75, 3.05) is 13.6 Å². The molecule has 6 nitrogen and oxygen atoms in total. The van der Waals surface area contributed by atoms with Crippen molar-refractivity contribution in [2.24, 2.45) is 7.05 Å². The highest BCUT2D eigenvalue weighted by Gasteiger charge is 2.22. The van der Waals surface area contributed by atoms with E-state index < -0.39 is 0 Å². The molecule has 164 valence electrons. The van der Waals surface area contributed by atoms with Crippen molar-refractivity contribution in [2.45, 2.75) is 18.9 Å². The minimum absolute atomic E-state index is 0.0252. The highest BCUT2D eigenvalue weighted by atomic mass is 16.2. The number of aryl methyl sites for hydroxylation is 1. The zero-order valence-corrected chi connectivity index (χ0v) is 18.4. The third-order valence-corrected chi connectivity index (χ3v) is 5.92. The Balaban J connectivity index is 1.48. The van der Waals surface area contributed by atoms with Crippen molar-refractivity contribution >= 4 is 22.7 Å². The molecule has 0 bridgehead atoms. The monoisotopic (exact) mass is 428 g/mol. The lowest BCUT2D eigenvalue weighted by molar-refractivity contribution is 0.0723. The van der Waals surface area contributed by atoms with Crippen LogP contribution in [0, 0.1) is 0 Å². The van der Waals surface area contributed by atoms with Crippen molar-refractivity contribution in [3.63, 3.8) is 0 Å². The van der Waals surface area contributed by atoms with Crippen molar-refractivity contribution < 1.29 is 9.59 Å². The van der Waals surface area contributed by atoms with E-state index in [2.05, 4.69) is 22.4 Å². The lowest BCUT2D eigenvalue weighted by atomic mass is 10.0. The number of likely N-dealkylation sites (N-methyl/N-ethyl adjacent to an activating group) is 1. The second-order valence-electron chi connectivity index (χ2n) is 8.09. The number of nitrogens with zero attached hydrogens (tertiary/aromatic N) is 2. The molecule has 0 fully saturated rings. The van der Waals surface area contributed by atoms with Gasteiger partial charge in [-0.15, -0.1) is 0 Å². The van der Waals surface area contributed by atoms with Crippen molar-refractivity contribution in [1.29, 1.82) is 0 Å². The number of aromatic nitrogens is 2. The fourth-order valence-corrected chi connectivity index (χ4v) is 4.01. The second-order valence-corrected chi connectivity index (χ2v) is 8.09. The third-order valence-electron chi connectivity index (χ3n) is 5.92. The van der Waals surface area contributed by atoms with E-state index in [0.29, 0.717) is 24.2 Å². The van der Waals surface area contributed by atoms with Gasteiger partial charge < -0.3 is 19.8 Å². The number of carbonyl (C=O) groups excluding carboxylic acids is 2. The standard InChI is InChI=1S/C26H28N4O2/c1-29-16-6-9-24(29)25(31)28-15-13-22(17-19-7-4-3-5-8-19)30(2)26(32)21-10-11-23-20(18-21)12-14-27-23/h3-12,14,16,18,22,27H,13,15,17H2,1-2H3,(H,28,31). The second kappa shape index (κ2) is 9.56. The molecule has 0 aliphatic heterocycles. The molecule has 2 amide bonds. The number of amides is 2. The topological polar surface area (TPSA) is 70.1 Å². The van der Waals surface area contributed by atoms with Crippen LogP contribution in [0.2, 0.25) is 0 Å². The average Bonchev–Trinajstić information content (AvgIpc) is 3.46. The summed E-state index contributed by atoms with van der Waals surface area (Å²) in [4.78, 5) is 30.7. The van der Waals surface area contributed by atoms with Gasteiger partial charge in [-0.2, -0.15) is 0 Å². The maximum absolute atomic E-state index is 13.3. The maximum Gasteiger partial charge on any atom is 0.267 e. The number of hydrogen-bond acceptors (Lipinski definition) is 2. The van der Waals surface area contributed by atoms with Crippen molar-refractivity contribution in [3.8, 4) is 0 Å². The Labute approximate surface area is 187 Å². The van der Waals surface area contributed by atoms with Gasteiger partial charge in [0.05, 0.1) is 0 Å². The van der Waals surface area contributed by atoms with Crippen LogP contribution in [0.25, 0.3) is 10.9 Å². The predicted molar refractivity (Wildman–Crippen MR) is 127 cm³/mol. The summed E-state index contributed by atoms with van der Waals surface area (Å²) in [5.74, 6) is -0.134. The summed E-state index contributed by atoms with van der Waals surface area (Å²) in [7, 11) is 3.69. The van der Waals surface area contributed by atoms with Crippen LogP contribution >= 0.6 is 0 Å². The molecule has 2 aromatic heterocycles. The first-order valence-electron chi connectivity index (χ1n) is 10.8. The molecule has 6 heteroatoms. The molecule has 1 atom stereocenters. The summed E-state index contributed by atoms with van der Waals surface area (Å²) in [5, 5.41) is 4.01. The first-order valence-corrected chi connectivity index (χ1v) is 10.8. The van der Waals surface area contributed by atoms with Gasteiger partial charge in [-0.1, -0.05) is 30.3 Å². The van der Waals surface area contributed by atoms with Crippen molar-refractivity contribution in [1.82, 2.24) is 19.8 Å². The minimum atomic E-state index is -0.108. The van der Waals surface area contributed by atoms with E-state index in [-0.39, 0.29) is 17.9 Å². The molecule has 0 radical (unpaired) electrons. The summed E-state index contributed by atoms with van der Waals surface area (Å²) in [5.41, 5.74) is 3.44. The van der Waals surface area contributed by atoms with E-state index in [4.69, 9.17) is 0 Å². The van der Waals surface area contributed by atoms with Gasteiger partial charge in [-0.3, -0.25) is 9.59 Å². The SMILES string of the molecule is CN(C(=O)c1ccc2[nH]ccc2c1)C(CCNC(=O)c1cccn1C)Cc1ccccc1. The molecule has 0 saturated carbocycles. The van der Waals surface area contributed by atoms with Crippen molar-refractivity contribution in [3.05, 3.63) is 95.9 Å². The van der Waals surface area contributed by atoms with Gasteiger partial charge in [0.15, 0.2) is 0 Å². The fraction of sp³-hybridized carbons (Fsp3) is 0.231. The fourth-order valence-electron chi connectivity index (χ4n) is 4.01. The van der Waals surface area contributed by atoms with Crippen LogP contribution in [0.4, 0.5) is 0 Å². The highest BCUT2D eigenvalue weighted by Crippen LogP contribution is 2.18. The van der Waals surface area contributed by atoms with E-state index in [0.717, 1.165) is 22.9 Å². The lowest BCUT2D eigenvalue weighted by Gasteiger charge is -2.29. The highest BCUT2D eigenvalue weighted by molar-refractivity contribution is 5.98. The molecule has 0 spiro atoms. The van der Waals surface area contributed by atoms with Crippen LogP contribution in [0.1, 0.15) is 32.8 Å². The van der Waals surface area contributed by atoms with Gasteiger partial charge in [0.2, 0.25) is 0 Å². The van der Waals surface area contributed by atoms with Gasteiger partial charge in [-0.05, 0) is 54.8 Å². The number of carbonyl (C=O) groups is 2. The molecule has 4 aromatic rings. The van der Waals surface area contributed by atoms with Gasteiger partial charge >= 0.3 is 0 Å². The molecular weight excluding hydrogens is 400 g/mol. The minimum Gasteiger partial charge on any atom is -0.361 e. The zero-order valence-electron chi connectivity index (χ0n) is 18.4. The molecule has 0 saturated heterocycles. The van der Waals surface area contributed by atoms with Gasteiger partial charge in [0, 0.05) is 55.5 Å². The molecule has 0 aliphatic carbocycles. The number of benzene rings is 2. The Bertz CT molecular complexity index is 1210. The zero-order chi connectivity index (χ0) is 22.5. The Kier molecular flexibility index (Phi) is 6.40. The summed E-state index contributed by atoms with van der Waals surface area (Å²) in [6.07, 6.45) is 5.09. The predicted octanol–water partition coefficient (Wildman–Crippen LogP) is 4.01. The van der Waals surface area contributed by atoms with Gasteiger partial charge in [0.25, 0.3) is 11.8 Å². The molecule has 2 N–H and O–H groups in total. The number of H-pyrrole nitrogens is 1. The number of nitrogens with one attached hydrogen (secondary N) is 2. The van der Waals surface area contributed by atoms with Gasteiger partial charge in [-0.25, -0.2) is 0 Å². The van der Waals surface area contributed by atoms with E-state index >= 15 is 0 Å². The molecule has 2 aromatic carbocycles. The van der Waals surface area contributed by atoms with Crippen LogP contribution in [0.15, 0.2) is 79.1 Å². The summed E-state index contributed by atoms with van der Waals surface area (Å²) in [6.45, 7) is 0.482. The van der Waals surface area contributed by atoms with Gasteiger partial charge in [0.1, 0.15) is 5.69 Å². The maximum atomic E-state index is 13.3. The Morgan fingerprint density at radius 2 is 1.88 bits per heavy atom. The normalized spacial score (nSPS) is 11.9. The van der Waals surface area contributed by atoms with Crippen LogP contribution in [-0.2, 0) is 13.5 Å². The molecule has 32 heavy (non-hydrogen) atoms. The number of hydrogen-bond donors (Lipinski definition) is 2.